The first-order valence-corrected chi connectivity index (χ1v) is 8.29. The molecule has 0 aromatic heterocycles. The number of alkyl halides is 3. The van der Waals surface area contributed by atoms with Gasteiger partial charge in [-0.3, -0.25) is 25.8 Å². The number of carbonyl (C=O) groups is 1. The first-order valence-electron chi connectivity index (χ1n) is 8.29. The summed E-state index contributed by atoms with van der Waals surface area (Å²) in [5.41, 5.74) is 2.31. The van der Waals surface area contributed by atoms with Crippen molar-refractivity contribution < 1.29 is 32.4 Å². The van der Waals surface area contributed by atoms with Crippen LogP contribution in [0.15, 0.2) is 36.4 Å². The Morgan fingerprint density at radius 1 is 1.14 bits per heavy atom. The number of halogens is 3. The molecular formula is C18H18F3N3O5. The Balaban J connectivity index is 2.19. The van der Waals surface area contributed by atoms with Gasteiger partial charge in [-0.25, -0.2) is 0 Å². The highest BCUT2D eigenvalue weighted by Gasteiger charge is 2.33. The molecule has 0 bridgehead atoms. The maximum Gasteiger partial charge on any atom is 0.416 e. The van der Waals surface area contributed by atoms with Crippen LogP contribution in [0.1, 0.15) is 29.8 Å². The maximum absolute atomic E-state index is 12.7. The van der Waals surface area contributed by atoms with Crippen molar-refractivity contribution in [2.75, 3.05) is 12.5 Å². The van der Waals surface area contributed by atoms with E-state index in [1.54, 1.807) is 0 Å². The van der Waals surface area contributed by atoms with Gasteiger partial charge in [0.25, 0.3) is 11.6 Å². The molecule has 2 aromatic rings. The minimum atomic E-state index is -4.73. The van der Waals surface area contributed by atoms with Crippen molar-refractivity contribution in [3.8, 4) is 11.5 Å². The van der Waals surface area contributed by atoms with Gasteiger partial charge in [0.1, 0.15) is 5.69 Å². The van der Waals surface area contributed by atoms with E-state index in [4.69, 9.17) is 9.47 Å². The number of carbonyl (C=O) groups excluding carboxylic acids is 1. The number of nitro groups is 1. The summed E-state index contributed by atoms with van der Waals surface area (Å²) in [5.74, 6) is 0.0332. The number of ether oxygens (including phenoxy) is 2. The number of benzene rings is 2. The highest BCUT2D eigenvalue weighted by Crippen LogP contribution is 2.35. The number of hydrazine groups is 1. The van der Waals surface area contributed by atoms with Gasteiger partial charge in [-0.15, -0.1) is 0 Å². The Morgan fingerprint density at radius 3 is 2.38 bits per heavy atom. The number of methoxy groups -OCH3 is 1. The summed E-state index contributed by atoms with van der Waals surface area (Å²) in [6, 6.07) is 6.28. The summed E-state index contributed by atoms with van der Waals surface area (Å²) in [4.78, 5) is 22.4. The molecule has 156 valence electrons. The van der Waals surface area contributed by atoms with Gasteiger partial charge in [0, 0.05) is 11.6 Å². The number of nitro benzene ring substituents is 1. The summed E-state index contributed by atoms with van der Waals surface area (Å²) >= 11 is 0. The normalized spacial score (nSPS) is 11.1. The number of anilines is 1. The summed E-state index contributed by atoms with van der Waals surface area (Å²) in [6.45, 7) is 3.64. The quantitative estimate of drug-likeness (QED) is 0.522. The third kappa shape index (κ3) is 5.50. The fourth-order valence-corrected chi connectivity index (χ4v) is 2.32. The van der Waals surface area contributed by atoms with E-state index in [0.29, 0.717) is 23.6 Å². The number of hydrogen-bond donors (Lipinski definition) is 2. The molecule has 0 radical (unpaired) electrons. The Labute approximate surface area is 163 Å². The minimum absolute atomic E-state index is 0.120. The molecule has 2 aromatic carbocycles. The SMILES string of the molecule is COc1cc(C(=O)NNc2ccc(C(F)(F)F)cc2[N+](=O)[O-])ccc1OC(C)C. The topological polar surface area (TPSA) is 103 Å². The summed E-state index contributed by atoms with van der Waals surface area (Å²) in [7, 11) is 1.40. The van der Waals surface area contributed by atoms with Gasteiger partial charge in [0.2, 0.25) is 0 Å². The van der Waals surface area contributed by atoms with Gasteiger partial charge in [-0.05, 0) is 44.2 Å². The van der Waals surface area contributed by atoms with Crippen LogP contribution in [0.3, 0.4) is 0 Å². The third-order valence-corrected chi connectivity index (χ3v) is 3.62. The van der Waals surface area contributed by atoms with Crippen molar-refractivity contribution in [2.24, 2.45) is 0 Å². The lowest BCUT2D eigenvalue weighted by atomic mass is 10.1. The standard InChI is InChI=1S/C18H18F3N3O5/c1-10(2)29-15-7-4-11(8-16(15)28-3)17(25)23-22-13-6-5-12(18(19,20)21)9-14(13)24(26)27/h4-10,22H,1-3H3,(H,23,25). The second-order valence-corrected chi connectivity index (χ2v) is 6.10. The van der Waals surface area contributed by atoms with Crippen LogP contribution in [-0.2, 0) is 6.18 Å². The van der Waals surface area contributed by atoms with E-state index in [1.165, 1.54) is 25.3 Å². The number of nitrogens with one attached hydrogen (secondary N) is 2. The van der Waals surface area contributed by atoms with Crippen LogP contribution in [0.5, 0.6) is 11.5 Å². The highest BCUT2D eigenvalue weighted by atomic mass is 19.4. The van der Waals surface area contributed by atoms with E-state index in [0.717, 1.165) is 6.07 Å². The zero-order chi connectivity index (χ0) is 21.8. The van der Waals surface area contributed by atoms with Gasteiger partial charge in [0.15, 0.2) is 11.5 Å². The summed E-state index contributed by atoms with van der Waals surface area (Å²) in [6.07, 6.45) is -4.85. The molecule has 0 saturated carbocycles. The molecule has 1 amide bonds. The maximum atomic E-state index is 12.7. The molecular weight excluding hydrogens is 395 g/mol. The van der Waals surface area contributed by atoms with Crippen LogP contribution in [-0.4, -0.2) is 24.0 Å². The molecule has 0 saturated heterocycles. The van der Waals surface area contributed by atoms with Crippen molar-refractivity contribution >= 4 is 17.3 Å². The van der Waals surface area contributed by atoms with Crippen LogP contribution < -0.4 is 20.3 Å². The van der Waals surface area contributed by atoms with Crippen molar-refractivity contribution in [3.05, 3.63) is 57.6 Å². The number of hydrogen-bond acceptors (Lipinski definition) is 6. The highest BCUT2D eigenvalue weighted by molar-refractivity contribution is 5.95. The molecule has 29 heavy (non-hydrogen) atoms. The lowest BCUT2D eigenvalue weighted by molar-refractivity contribution is -0.384. The largest absolute Gasteiger partial charge is 0.493 e. The van der Waals surface area contributed by atoms with Crippen LogP contribution in [0.4, 0.5) is 24.5 Å². The second-order valence-electron chi connectivity index (χ2n) is 6.10. The molecule has 8 nitrogen and oxygen atoms in total. The van der Waals surface area contributed by atoms with Crippen LogP contribution in [0, 0.1) is 10.1 Å². The predicted molar refractivity (Wildman–Crippen MR) is 97.9 cm³/mol. The molecule has 11 heteroatoms. The van der Waals surface area contributed by atoms with Gasteiger partial charge in [-0.1, -0.05) is 0 Å². The van der Waals surface area contributed by atoms with E-state index in [-0.39, 0.29) is 17.4 Å². The first kappa shape index (κ1) is 21.8. The van der Waals surface area contributed by atoms with Crippen molar-refractivity contribution in [1.82, 2.24) is 5.43 Å². The molecule has 0 unspecified atom stereocenters. The molecule has 2 N–H and O–H groups in total. The Hall–Kier alpha value is -3.50. The average molecular weight is 413 g/mol. The second kappa shape index (κ2) is 8.67. The fourth-order valence-electron chi connectivity index (χ4n) is 2.32. The zero-order valence-corrected chi connectivity index (χ0v) is 15.7. The van der Waals surface area contributed by atoms with Gasteiger partial charge >= 0.3 is 6.18 Å². The number of rotatable bonds is 7. The van der Waals surface area contributed by atoms with Crippen LogP contribution in [0.25, 0.3) is 0 Å². The first-order chi connectivity index (χ1) is 13.5. The van der Waals surface area contributed by atoms with Gasteiger partial charge < -0.3 is 9.47 Å². The lowest BCUT2D eigenvalue weighted by Gasteiger charge is -2.15. The summed E-state index contributed by atoms with van der Waals surface area (Å²) in [5, 5.41) is 11.1. The molecule has 0 aliphatic rings. The third-order valence-electron chi connectivity index (χ3n) is 3.62. The molecule has 0 aliphatic carbocycles. The monoisotopic (exact) mass is 413 g/mol. The molecule has 0 heterocycles. The average Bonchev–Trinajstić information content (AvgIpc) is 2.64. The minimum Gasteiger partial charge on any atom is -0.493 e. The molecule has 0 fully saturated rings. The van der Waals surface area contributed by atoms with Gasteiger partial charge in [-0.2, -0.15) is 13.2 Å². The Bertz CT molecular complexity index is 916. The molecule has 0 spiro atoms. The number of amides is 1. The molecule has 0 aliphatic heterocycles. The fraction of sp³-hybridized carbons (Fsp3) is 0.278. The Morgan fingerprint density at radius 2 is 1.83 bits per heavy atom. The van der Waals surface area contributed by atoms with E-state index in [2.05, 4.69) is 10.9 Å². The van der Waals surface area contributed by atoms with Gasteiger partial charge in [0.05, 0.1) is 23.7 Å². The predicted octanol–water partition coefficient (Wildman–Crippen LogP) is 4.17. The van der Waals surface area contributed by atoms with Crippen LogP contribution >= 0.6 is 0 Å². The van der Waals surface area contributed by atoms with Crippen molar-refractivity contribution in [1.29, 1.82) is 0 Å². The van der Waals surface area contributed by atoms with E-state index in [1.807, 2.05) is 13.8 Å². The van der Waals surface area contributed by atoms with E-state index in [9.17, 15) is 28.1 Å². The molecule has 2 rings (SSSR count). The number of nitrogens with zero attached hydrogens (tertiary/aromatic N) is 1. The van der Waals surface area contributed by atoms with Crippen molar-refractivity contribution in [3.63, 3.8) is 0 Å². The lowest BCUT2D eigenvalue weighted by Crippen LogP contribution is -2.29. The zero-order valence-electron chi connectivity index (χ0n) is 15.7. The smallest absolute Gasteiger partial charge is 0.416 e. The summed E-state index contributed by atoms with van der Waals surface area (Å²) < 4.78 is 49.0. The van der Waals surface area contributed by atoms with Crippen LogP contribution in [0.2, 0.25) is 0 Å². The van der Waals surface area contributed by atoms with E-state index >= 15 is 0 Å². The Kier molecular flexibility index (Phi) is 6.52. The molecule has 0 atom stereocenters. The van der Waals surface area contributed by atoms with Crippen molar-refractivity contribution in [2.45, 2.75) is 26.1 Å². The van der Waals surface area contributed by atoms with E-state index < -0.39 is 28.3 Å².